The first kappa shape index (κ1) is 13.4. The van der Waals surface area contributed by atoms with Gasteiger partial charge in [0, 0.05) is 6.20 Å². The molecule has 1 heterocycles. The number of alkyl halides is 5. The van der Waals surface area contributed by atoms with E-state index < -0.39 is 41.8 Å². The van der Waals surface area contributed by atoms with E-state index in [0.717, 1.165) is 0 Å². The second-order valence-corrected chi connectivity index (χ2v) is 2.88. The normalized spacial score (nSPS) is 11.9. The molecule has 96 valence electrons. The number of halogens is 5. The lowest BCUT2D eigenvalue weighted by molar-refractivity contribution is -0.275. The molecule has 0 aliphatic heterocycles. The molecule has 0 radical (unpaired) electrons. The number of aliphatic hydroxyl groups excluding tert-OH is 1. The van der Waals surface area contributed by atoms with Crippen LogP contribution < -0.4 is 10.2 Å². The van der Waals surface area contributed by atoms with Crippen LogP contribution in [-0.4, -0.2) is 16.5 Å². The van der Waals surface area contributed by atoms with Crippen LogP contribution in [0.1, 0.15) is 17.7 Å². The summed E-state index contributed by atoms with van der Waals surface area (Å²) < 4.78 is 63.4. The fourth-order valence-corrected chi connectivity index (χ4v) is 1.12. The first-order chi connectivity index (χ1) is 7.76. The summed E-state index contributed by atoms with van der Waals surface area (Å²) in [5, 5.41) is 8.68. The van der Waals surface area contributed by atoms with Crippen molar-refractivity contribution in [2.75, 3.05) is 0 Å². The molecule has 0 amide bonds. The number of hydrogen-bond acceptors (Lipinski definition) is 3. The molecule has 17 heavy (non-hydrogen) atoms. The second-order valence-electron chi connectivity index (χ2n) is 2.88. The van der Waals surface area contributed by atoms with Crippen molar-refractivity contribution < 1.29 is 31.8 Å². The summed E-state index contributed by atoms with van der Waals surface area (Å²) >= 11 is 0. The molecule has 9 heteroatoms. The van der Waals surface area contributed by atoms with Crippen LogP contribution in [0.4, 0.5) is 22.0 Å². The molecule has 0 atom stereocenters. The number of H-pyrrole nitrogens is 1. The third-order valence-electron chi connectivity index (χ3n) is 1.78. The van der Waals surface area contributed by atoms with Crippen molar-refractivity contribution in [1.82, 2.24) is 4.98 Å². The van der Waals surface area contributed by atoms with Gasteiger partial charge in [-0.3, -0.25) is 4.79 Å². The molecule has 0 bridgehead atoms. The van der Waals surface area contributed by atoms with Crippen LogP contribution in [0.2, 0.25) is 0 Å². The zero-order valence-electron chi connectivity index (χ0n) is 8.02. The number of aliphatic hydroxyl groups is 1. The van der Waals surface area contributed by atoms with Gasteiger partial charge in [0.25, 0.3) is 6.43 Å². The van der Waals surface area contributed by atoms with Crippen molar-refractivity contribution in [2.24, 2.45) is 0 Å². The van der Waals surface area contributed by atoms with Crippen LogP contribution in [0.5, 0.6) is 5.75 Å². The summed E-state index contributed by atoms with van der Waals surface area (Å²) in [6.07, 6.45) is -7.87. The average molecular weight is 259 g/mol. The Bertz CT molecular complexity index is 453. The minimum atomic E-state index is -5.12. The average Bonchev–Trinajstić information content (AvgIpc) is 2.18. The summed E-state index contributed by atoms with van der Waals surface area (Å²) in [6, 6.07) is 0. The highest BCUT2D eigenvalue weighted by Crippen LogP contribution is 2.23. The van der Waals surface area contributed by atoms with Gasteiger partial charge in [0.1, 0.15) is 0 Å². The van der Waals surface area contributed by atoms with Crippen molar-refractivity contribution in [1.29, 1.82) is 0 Å². The molecule has 4 nitrogen and oxygen atoms in total. The standard InChI is InChI=1S/C8H6F5NO3/c9-7(10)5-3(2-15)6(16)4(1-14-5)17-8(11,12)13/h1,7,15H,2H2,(H,14,16). The van der Waals surface area contributed by atoms with Crippen molar-refractivity contribution in [3.63, 3.8) is 0 Å². The Hall–Kier alpha value is -1.64. The highest BCUT2D eigenvalue weighted by molar-refractivity contribution is 5.30. The van der Waals surface area contributed by atoms with Gasteiger partial charge < -0.3 is 14.8 Å². The molecule has 0 saturated carbocycles. The van der Waals surface area contributed by atoms with Crippen molar-refractivity contribution in [2.45, 2.75) is 19.4 Å². The van der Waals surface area contributed by atoms with E-state index in [1.165, 1.54) is 0 Å². The van der Waals surface area contributed by atoms with E-state index in [1.807, 2.05) is 0 Å². The van der Waals surface area contributed by atoms with E-state index in [-0.39, 0.29) is 0 Å². The number of ether oxygens (including phenoxy) is 1. The number of hydrogen-bond donors (Lipinski definition) is 2. The number of pyridine rings is 1. The van der Waals surface area contributed by atoms with Crippen LogP contribution in [0.15, 0.2) is 11.0 Å². The minimum absolute atomic E-state index is 0.372. The predicted octanol–water partition coefficient (Wildman–Crippen LogP) is 1.70. The maximum absolute atomic E-state index is 12.3. The van der Waals surface area contributed by atoms with Gasteiger partial charge in [-0.05, 0) is 0 Å². The minimum Gasteiger partial charge on any atom is -0.400 e. The van der Waals surface area contributed by atoms with Gasteiger partial charge in [-0.1, -0.05) is 0 Å². The molecule has 0 aliphatic rings. The van der Waals surface area contributed by atoms with E-state index in [0.29, 0.717) is 6.20 Å². The first-order valence-corrected chi connectivity index (χ1v) is 4.15. The second kappa shape index (κ2) is 4.70. The van der Waals surface area contributed by atoms with Gasteiger partial charge >= 0.3 is 6.36 Å². The SMILES string of the molecule is O=c1c(OC(F)(F)F)c[nH]c(C(F)F)c1CO. The Balaban J connectivity index is 3.26. The summed E-state index contributed by atoms with van der Waals surface area (Å²) in [4.78, 5) is 13.0. The number of nitrogens with one attached hydrogen (secondary N) is 1. The first-order valence-electron chi connectivity index (χ1n) is 4.15. The molecule has 0 unspecified atom stereocenters. The lowest BCUT2D eigenvalue weighted by atomic mass is 10.2. The quantitative estimate of drug-likeness (QED) is 0.812. The van der Waals surface area contributed by atoms with Crippen molar-refractivity contribution in [3.8, 4) is 5.75 Å². The Morgan fingerprint density at radius 1 is 1.41 bits per heavy atom. The van der Waals surface area contributed by atoms with Gasteiger partial charge in [-0.25, -0.2) is 8.78 Å². The van der Waals surface area contributed by atoms with Crippen LogP contribution in [0.25, 0.3) is 0 Å². The Morgan fingerprint density at radius 2 is 2.00 bits per heavy atom. The van der Waals surface area contributed by atoms with E-state index in [1.54, 1.807) is 4.98 Å². The number of aromatic nitrogens is 1. The van der Waals surface area contributed by atoms with Crippen LogP contribution in [0.3, 0.4) is 0 Å². The summed E-state index contributed by atoms with van der Waals surface area (Å²) in [6.45, 7) is -1.12. The van der Waals surface area contributed by atoms with E-state index in [9.17, 15) is 26.7 Å². The van der Waals surface area contributed by atoms with Gasteiger partial charge in [-0.15, -0.1) is 13.2 Å². The molecule has 1 aromatic heterocycles. The van der Waals surface area contributed by atoms with Crippen LogP contribution in [0, 0.1) is 0 Å². The third kappa shape index (κ3) is 3.16. The van der Waals surface area contributed by atoms with E-state index >= 15 is 0 Å². The zero-order valence-corrected chi connectivity index (χ0v) is 8.02. The molecular formula is C8H6F5NO3. The lowest BCUT2D eigenvalue weighted by Gasteiger charge is -2.11. The highest BCUT2D eigenvalue weighted by atomic mass is 19.4. The van der Waals surface area contributed by atoms with Gasteiger partial charge in [0.05, 0.1) is 17.9 Å². The maximum Gasteiger partial charge on any atom is 0.573 e. The monoisotopic (exact) mass is 259 g/mol. The van der Waals surface area contributed by atoms with Crippen LogP contribution in [-0.2, 0) is 6.61 Å². The molecule has 0 saturated heterocycles. The van der Waals surface area contributed by atoms with Gasteiger partial charge in [-0.2, -0.15) is 0 Å². The fourth-order valence-electron chi connectivity index (χ4n) is 1.12. The molecule has 0 fully saturated rings. The number of rotatable bonds is 3. The molecular weight excluding hydrogens is 253 g/mol. The Morgan fingerprint density at radius 3 is 2.41 bits per heavy atom. The summed E-state index contributed by atoms with van der Waals surface area (Å²) in [5.74, 6) is -1.20. The lowest BCUT2D eigenvalue weighted by Crippen LogP contribution is -2.24. The largest absolute Gasteiger partial charge is 0.573 e. The molecule has 0 spiro atoms. The Labute approximate surface area is 90.6 Å². The predicted molar refractivity (Wildman–Crippen MR) is 44.6 cm³/mol. The molecule has 0 aromatic carbocycles. The van der Waals surface area contributed by atoms with Crippen LogP contribution >= 0.6 is 0 Å². The van der Waals surface area contributed by atoms with E-state index in [4.69, 9.17) is 5.11 Å². The third-order valence-corrected chi connectivity index (χ3v) is 1.78. The fraction of sp³-hybridized carbons (Fsp3) is 0.375. The van der Waals surface area contributed by atoms with Crippen molar-refractivity contribution in [3.05, 3.63) is 27.7 Å². The highest BCUT2D eigenvalue weighted by Gasteiger charge is 2.33. The molecule has 0 aliphatic carbocycles. The number of aromatic amines is 1. The summed E-state index contributed by atoms with van der Waals surface area (Å²) in [5.41, 5.74) is -3.23. The van der Waals surface area contributed by atoms with Gasteiger partial charge in [0.2, 0.25) is 5.43 Å². The molecule has 2 N–H and O–H groups in total. The van der Waals surface area contributed by atoms with Crippen molar-refractivity contribution >= 4 is 0 Å². The van der Waals surface area contributed by atoms with Gasteiger partial charge in [0.15, 0.2) is 5.75 Å². The zero-order chi connectivity index (χ0) is 13.2. The Kier molecular flexibility index (Phi) is 3.71. The van der Waals surface area contributed by atoms with E-state index in [2.05, 4.69) is 4.74 Å². The maximum atomic E-state index is 12.3. The summed E-state index contributed by atoms with van der Waals surface area (Å²) in [7, 11) is 0. The smallest absolute Gasteiger partial charge is 0.400 e. The molecule has 1 rings (SSSR count). The topological polar surface area (TPSA) is 62.3 Å². The molecule has 1 aromatic rings.